The lowest BCUT2D eigenvalue weighted by atomic mass is 9.79. The maximum atomic E-state index is 10.7. The van der Waals surface area contributed by atoms with Gasteiger partial charge >= 0.3 is 0 Å². The van der Waals surface area contributed by atoms with Crippen LogP contribution in [0.15, 0.2) is 30.3 Å². The molecule has 6 nitrogen and oxygen atoms in total. The van der Waals surface area contributed by atoms with E-state index >= 15 is 0 Å². The minimum absolute atomic E-state index is 0.0787. The molecule has 0 heterocycles. The molecule has 0 atom stereocenters. The maximum Gasteiger partial charge on any atom is 0.294 e. The van der Waals surface area contributed by atoms with Gasteiger partial charge < -0.3 is 15.1 Å². The van der Waals surface area contributed by atoms with Gasteiger partial charge in [0, 0.05) is 0 Å². The third-order valence-electron chi connectivity index (χ3n) is 5.28. The van der Waals surface area contributed by atoms with Crippen molar-refractivity contribution >= 4 is 0 Å². The number of hydrogen-bond acceptors (Lipinski definition) is 5. The van der Waals surface area contributed by atoms with Crippen LogP contribution in [0.3, 0.4) is 0 Å². The van der Waals surface area contributed by atoms with Gasteiger partial charge in [0.15, 0.2) is 0 Å². The topological polar surface area (TPSA) is 92.8 Å². The van der Waals surface area contributed by atoms with E-state index in [1.807, 2.05) is 26.0 Å². The van der Waals surface area contributed by atoms with E-state index in [-0.39, 0.29) is 23.5 Å². The second kappa shape index (κ2) is 9.63. The molecule has 0 aliphatic carbocycles. The van der Waals surface area contributed by atoms with Crippen molar-refractivity contribution in [2.45, 2.75) is 65.2 Å². The quantitative estimate of drug-likeness (QED) is 0.297. The molecule has 2 aromatic carbocycles. The zero-order valence-electron chi connectivity index (χ0n) is 17.7. The Morgan fingerprint density at radius 1 is 0.931 bits per heavy atom. The van der Waals surface area contributed by atoms with Crippen LogP contribution in [-0.4, -0.2) is 21.9 Å². The van der Waals surface area contributed by atoms with Gasteiger partial charge in [-0.15, -0.1) is 10.1 Å². The fourth-order valence-electron chi connectivity index (χ4n) is 3.72. The molecule has 0 unspecified atom stereocenters. The number of nitrogens with zero attached hydrogens (tertiary/aromatic N) is 1. The zero-order chi connectivity index (χ0) is 21.6. The molecule has 0 radical (unpaired) electrons. The summed E-state index contributed by atoms with van der Waals surface area (Å²) in [5, 5.41) is 30.7. The maximum absolute atomic E-state index is 10.7. The standard InChI is InChI=1S/C23H31NO5/c1-16-11-17(2)13-18(12-16)22-20(25)14-19(15-21(22)26)23(3,4)9-7-5-6-8-10-29-24(27)28/h11-15,25-26H,5-10H2,1-4H3. The first-order chi connectivity index (χ1) is 13.6. The fraction of sp³-hybridized carbons (Fsp3) is 0.478. The summed E-state index contributed by atoms with van der Waals surface area (Å²) in [6, 6.07) is 9.46. The lowest BCUT2D eigenvalue weighted by Gasteiger charge is -2.26. The minimum atomic E-state index is -0.760. The summed E-state index contributed by atoms with van der Waals surface area (Å²) in [6.07, 6.45) is 4.31. The van der Waals surface area contributed by atoms with Crippen LogP contribution in [0.1, 0.15) is 62.6 Å². The number of rotatable bonds is 10. The van der Waals surface area contributed by atoms with E-state index in [1.54, 1.807) is 12.1 Å². The smallest absolute Gasteiger partial charge is 0.294 e. The predicted molar refractivity (Wildman–Crippen MR) is 114 cm³/mol. The average molecular weight is 402 g/mol. The summed E-state index contributed by atoms with van der Waals surface area (Å²) in [4.78, 5) is 14.4. The van der Waals surface area contributed by atoms with Gasteiger partial charge in [-0.2, -0.15) is 0 Å². The Labute approximate surface area is 172 Å². The Morgan fingerprint density at radius 2 is 1.48 bits per heavy atom. The number of phenolic OH excluding ortho intramolecular Hbond substituents is 2. The van der Waals surface area contributed by atoms with Gasteiger partial charge in [0.25, 0.3) is 5.09 Å². The molecule has 29 heavy (non-hydrogen) atoms. The third kappa shape index (κ3) is 6.38. The number of aromatic hydroxyl groups is 2. The van der Waals surface area contributed by atoms with Crippen LogP contribution in [0.4, 0.5) is 0 Å². The highest BCUT2D eigenvalue weighted by atomic mass is 16.9. The van der Waals surface area contributed by atoms with E-state index in [9.17, 15) is 20.3 Å². The molecule has 158 valence electrons. The van der Waals surface area contributed by atoms with Gasteiger partial charge in [0.2, 0.25) is 0 Å². The summed E-state index contributed by atoms with van der Waals surface area (Å²) >= 11 is 0. The number of benzene rings is 2. The lowest BCUT2D eigenvalue weighted by molar-refractivity contribution is -0.757. The fourth-order valence-corrected chi connectivity index (χ4v) is 3.72. The summed E-state index contributed by atoms with van der Waals surface area (Å²) in [5.74, 6) is 0.157. The monoisotopic (exact) mass is 401 g/mol. The molecule has 6 heteroatoms. The first-order valence-electron chi connectivity index (χ1n) is 10.0. The van der Waals surface area contributed by atoms with Gasteiger partial charge in [-0.1, -0.05) is 62.4 Å². The second-order valence-corrected chi connectivity index (χ2v) is 8.37. The normalized spacial score (nSPS) is 11.4. The molecule has 2 rings (SSSR count). The van der Waals surface area contributed by atoms with E-state index in [0.717, 1.165) is 47.9 Å². The van der Waals surface area contributed by atoms with Gasteiger partial charge in [-0.3, -0.25) is 0 Å². The number of unbranched alkanes of at least 4 members (excludes halogenated alkanes) is 3. The zero-order valence-corrected chi connectivity index (χ0v) is 17.7. The van der Waals surface area contributed by atoms with E-state index in [4.69, 9.17) is 0 Å². The van der Waals surface area contributed by atoms with Crippen LogP contribution in [0, 0.1) is 24.0 Å². The highest BCUT2D eigenvalue weighted by molar-refractivity contribution is 5.78. The molecule has 2 N–H and O–H groups in total. The Balaban J connectivity index is 2.05. The van der Waals surface area contributed by atoms with Crippen molar-refractivity contribution in [2.75, 3.05) is 6.61 Å². The Kier molecular flexibility index (Phi) is 7.48. The van der Waals surface area contributed by atoms with Gasteiger partial charge in [0.05, 0.1) is 12.2 Å². The highest BCUT2D eigenvalue weighted by Crippen LogP contribution is 2.42. The van der Waals surface area contributed by atoms with E-state index in [1.165, 1.54) is 0 Å². The number of phenols is 2. The number of hydrogen-bond donors (Lipinski definition) is 2. The van der Waals surface area contributed by atoms with E-state index < -0.39 is 5.09 Å². The molecule has 0 saturated carbocycles. The van der Waals surface area contributed by atoms with Crippen LogP contribution in [0.2, 0.25) is 0 Å². The van der Waals surface area contributed by atoms with Crippen LogP contribution in [0.25, 0.3) is 11.1 Å². The van der Waals surface area contributed by atoms with E-state index in [2.05, 4.69) is 24.8 Å². The molecule has 0 amide bonds. The van der Waals surface area contributed by atoms with Crippen molar-refractivity contribution < 1.29 is 20.1 Å². The molecule has 0 aliphatic rings. The SMILES string of the molecule is Cc1cc(C)cc(-c2c(O)cc(C(C)(C)CCCCCCO[N+](=O)[O-])cc2O)c1. The molecule has 2 aromatic rings. The second-order valence-electron chi connectivity index (χ2n) is 8.37. The molecule has 0 fully saturated rings. The van der Waals surface area contributed by atoms with Gasteiger partial charge in [-0.05, 0) is 55.4 Å². The first kappa shape index (κ1) is 22.5. The van der Waals surface area contributed by atoms with Crippen molar-refractivity contribution in [3.63, 3.8) is 0 Å². The van der Waals surface area contributed by atoms with Crippen molar-refractivity contribution in [2.24, 2.45) is 0 Å². The summed E-state index contributed by atoms with van der Waals surface area (Å²) in [5.41, 5.74) is 4.09. The Hall–Kier alpha value is -2.76. The highest BCUT2D eigenvalue weighted by Gasteiger charge is 2.23. The van der Waals surface area contributed by atoms with Crippen molar-refractivity contribution in [1.82, 2.24) is 0 Å². The molecular weight excluding hydrogens is 370 g/mol. The van der Waals surface area contributed by atoms with Crippen molar-refractivity contribution in [3.05, 3.63) is 57.1 Å². The van der Waals surface area contributed by atoms with Gasteiger partial charge in [-0.25, -0.2) is 0 Å². The molecular formula is C23H31NO5. The first-order valence-corrected chi connectivity index (χ1v) is 10.0. The van der Waals surface area contributed by atoms with Crippen LogP contribution in [-0.2, 0) is 10.3 Å². The van der Waals surface area contributed by atoms with Crippen LogP contribution < -0.4 is 0 Å². The average Bonchev–Trinajstić information content (AvgIpc) is 2.59. The molecule has 0 saturated heterocycles. The van der Waals surface area contributed by atoms with Gasteiger partial charge in [0.1, 0.15) is 11.5 Å². The van der Waals surface area contributed by atoms with Crippen molar-refractivity contribution in [3.8, 4) is 22.6 Å². The minimum Gasteiger partial charge on any atom is -0.507 e. The largest absolute Gasteiger partial charge is 0.507 e. The summed E-state index contributed by atoms with van der Waals surface area (Å²) < 4.78 is 0. The lowest BCUT2D eigenvalue weighted by Crippen LogP contribution is -2.17. The third-order valence-corrected chi connectivity index (χ3v) is 5.28. The molecule has 0 aromatic heterocycles. The Bertz CT molecular complexity index is 817. The Morgan fingerprint density at radius 3 is 2.03 bits per heavy atom. The molecule has 0 spiro atoms. The summed E-state index contributed by atoms with van der Waals surface area (Å²) in [6.45, 7) is 8.30. The molecule has 0 bridgehead atoms. The van der Waals surface area contributed by atoms with Crippen LogP contribution in [0.5, 0.6) is 11.5 Å². The number of aryl methyl sites for hydroxylation is 2. The van der Waals surface area contributed by atoms with Crippen LogP contribution >= 0.6 is 0 Å². The molecule has 0 aliphatic heterocycles. The van der Waals surface area contributed by atoms with Crippen molar-refractivity contribution in [1.29, 1.82) is 0 Å². The summed E-state index contributed by atoms with van der Waals surface area (Å²) in [7, 11) is 0. The van der Waals surface area contributed by atoms with E-state index in [0.29, 0.717) is 12.0 Å². The predicted octanol–water partition coefficient (Wildman–Crippen LogP) is 5.82.